The molecule has 2 aliphatic rings. The van der Waals surface area contributed by atoms with Crippen molar-refractivity contribution in [2.75, 3.05) is 19.6 Å². The zero-order valence-electron chi connectivity index (χ0n) is 18.4. The summed E-state index contributed by atoms with van der Waals surface area (Å²) in [6, 6.07) is 8.40. The number of likely N-dealkylation sites (tertiary alicyclic amines) is 1. The highest BCUT2D eigenvalue weighted by atomic mass is 32.2. The van der Waals surface area contributed by atoms with Gasteiger partial charge in [-0.3, -0.25) is 9.59 Å². The summed E-state index contributed by atoms with van der Waals surface area (Å²) in [6.07, 6.45) is 1.93. The van der Waals surface area contributed by atoms with Crippen molar-refractivity contribution >= 4 is 33.2 Å². The van der Waals surface area contributed by atoms with Crippen LogP contribution < -0.4 is 5.32 Å². The molecule has 2 aromatic rings. The van der Waals surface area contributed by atoms with Gasteiger partial charge < -0.3 is 10.2 Å². The molecular formula is C23H29N3O4S2. The number of carbonyl (C=O) groups excluding carboxylic acids is 2. The van der Waals surface area contributed by atoms with Gasteiger partial charge >= 0.3 is 0 Å². The molecule has 172 valence electrons. The summed E-state index contributed by atoms with van der Waals surface area (Å²) < 4.78 is 28.0. The largest absolute Gasteiger partial charge is 0.354 e. The number of amides is 2. The van der Waals surface area contributed by atoms with Crippen molar-refractivity contribution in [1.82, 2.24) is 14.5 Å². The Bertz CT molecular complexity index is 1100. The Balaban J connectivity index is 1.44. The Morgan fingerprint density at radius 2 is 1.88 bits per heavy atom. The minimum Gasteiger partial charge on any atom is -0.354 e. The van der Waals surface area contributed by atoms with Crippen LogP contribution in [0.4, 0.5) is 0 Å². The van der Waals surface area contributed by atoms with Gasteiger partial charge in [0.05, 0.1) is 4.90 Å². The van der Waals surface area contributed by atoms with Crippen molar-refractivity contribution in [2.24, 2.45) is 5.92 Å². The average Bonchev–Trinajstić information content (AvgIpc) is 3.26. The second-order valence-corrected chi connectivity index (χ2v) is 11.7. The summed E-state index contributed by atoms with van der Waals surface area (Å²) in [7, 11) is -3.69. The van der Waals surface area contributed by atoms with Gasteiger partial charge in [-0.05, 0) is 68.3 Å². The predicted octanol–water partition coefficient (Wildman–Crippen LogP) is 2.87. The summed E-state index contributed by atoms with van der Waals surface area (Å²) in [5.41, 5.74) is 1.42. The Morgan fingerprint density at radius 1 is 1.12 bits per heavy atom. The van der Waals surface area contributed by atoms with Crippen LogP contribution in [-0.4, -0.2) is 55.1 Å². The quantitative estimate of drug-likeness (QED) is 0.721. The first-order chi connectivity index (χ1) is 15.3. The molecular weight excluding hydrogens is 446 g/mol. The molecule has 3 heterocycles. The number of piperidine rings is 1. The Hall–Kier alpha value is -2.23. The molecule has 4 rings (SSSR count). The van der Waals surface area contributed by atoms with E-state index in [1.165, 1.54) is 15.2 Å². The molecule has 1 aromatic heterocycles. The number of fused-ring (bicyclic) bond motifs is 1. The minimum atomic E-state index is -3.69. The standard InChI is InChI=1S/C23H29N3O4S2/c1-16(2)24-22(27)17-6-10-25(11-7-17)23(28)18-4-3-5-20(14-18)32(29,30)26-12-8-21-19(15-26)9-13-31-21/h3-5,9,13-14,16-17H,6-8,10-12,15H2,1-2H3,(H,24,27). The summed E-state index contributed by atoms with van der Waals surface area (Å²) in [5, 5.41) is 4.93. The fourth-order valence-corrected chi connectivity index (χ4v) is 6.65. The van der Waals surface area contributed by atoms with Gasteiger partial charge in [-0.1, -0.05) is 6.07 Å². The first-order valence-electron chi connectivity index (χ1n) is 11.0. The molecule has 0 aliphatic carbocycles. The van der Waals surface area contributed by atoms with E-state index in [0.717, 1.165) is 5.56 Å². The third-order valence-electron chi connectivity index (χ3n) is 6.08. The van der Waals surface area contributed by atoms with Crippen LogP contribution in [0.25, 0.3) is 0 Å². The maximum atomic E-state index is 13.2. The molecule has 0 bridgehead atoms. The molecule has 1 fully saturated rings. The fourth-order valence-electron chi connectivity index (χ4n) is 4.30. The third-order valence-corrected chi connectivity index (χ3v) is 8.94. The molecule has 0 atom stereocenters. The van der Waals surface area contributed by atoms with Crippen LogP contribution in [0.3, 0.4) is 0 Å². The average molecular weight is 476 g/mol. The summed E-state index contributed by atoms with van der Waals surface area (Å²) in [4.78, 5) is 28.4. The molecule has 1 aromatic carbocycles. The predicted molar refractivity (Wildman–Crippen MR) is 124 cm³/mol. The van der Waals surface area contributed by atoms with Gasteiger partial charge in [-0.25, -0.2) is 8.42 Å². The van der Waals surface area contributed by atoms with Gasteiger partial charge in [0.15, 0.2) is 0 Å². The van der Waals surface area contributed by atoms with E-state index in [0.29, 0.717) is 51.0 Å². The fraction of sp³-hybridized carbons (Fsp3) is 0.478. The number of hydrogen-bond donors (Lipinski definition) is 1. The van der Waals surface area contributed by atoms with Crippen LogP contribution >= 0.6 is 11.3 Å². The maximum Gasteiger partial charge on any atom is 0.253 e. The molecule has 0 unspecified atom stereocenters. The van der Waals surface area contributed by atoms with E-state index in [1.54, 1.807) is 34.4 Å². The van der Waals surface area contributed by atoms with E-state index in [2.05, 4.69) is 5.32 Å². The van der Waals surface area contributed by atoms with Gasteiger partial charge in [0.1, 0.15) is 0 Å². The number of carbonyl (C=O) groups is 2. The van der Waals surface area contributed by atoms with Gasteiger partial charge in [0.25, 0.3) is 5.91 Å². The molecule has 7 nitrogen and oxygen atoms in total. The molecule has 1 saturated heterocycles. The van der Waals surface area contributed by atoms with E-state index in [1.807, 2.05) is 25.3 Å². The zero-order chi connectivity index (χ0) is 22.9. The number of rotatable bonds is 5. The molecule has 2 amide bonds. The first-order valence-corrected chi connectivity index (χ1v) is 13.3. The van der Waals surface area contributed by atoms with Crippen LogP contribution in [0.5, 0.6) is 0 Å². The zero-order valence-corrected chi connectivity index (χ0v) is 20.0. The van der Waals surface area contributed by atoms with Gasteiger partial charge in [-0.15, -0.1) is 11.3 Å². The second kappa shape index (κ2) is 9.33. The smallest absolute Gasteiger partial charge is 0.253 e. The highest BCUT2D eigenvalue weighted by Crippen LogP contribution is 2.29. The van der Waals surface area contributed by atoms with Crippen molar-refractivity contribution < 1.29 is 18.0 Å². The van der Waals surface area contributed by atoms with Crippen LogP contribution in [0.1, 0.15) is 47.5 Å². The lowest BCUT2D eigenvalue weighted by molar-refractivity contribution is -0.126. The monoisotopic (exact) mass is 475 g/mol. The van der Waals surface area contributed by atoms with Gasteiger partial charge in [0, 0.05) is 48.6 Å². The van der Waals surface area contributed by atoms with Crippen LogP contribution in [0.15, 0.2) is 40.6 Å². The van der Waals surface area contributed by atoms with Crippen molar-refractivity contribution in [3.63, 3.8) is 0 Å². The lowest BCUT2D eigenvalue weighted by Gasteiger charge is -2.32. The minimum absolute atomic E-state index is 0.0375. The molecule has 0 spiro atoms. The van der Waals surface area contributed by atoms with Crippen molar-refractivity contribution in [1.29, 1.82) is 0 Å². The Labute approximate surface area is 193 Å². The number of nitrogens with one attached hydrogen (secondary N) is 1. The maximum absolute atomic E-state index is 13.2. The molecule has 1 N–H and O–H groups in total. The van der Waals surface area contributed by atoms with E-state index < -0.39 is 10.0 Å². The van der Waals surface area contributed by atoms with E-state index in [4.69, 9.17) is 0 Å². The lowest BCUT2D eigenvalue weighted by atomic mass is 9.95. The van der Waals surface area contributed by atoms with Crippen molar-refractivity contribution in [2.45, 2.75) is 50.6 Å². The topological polar surface area (TPSA) is 86.8 Å². The Morgan fingerprint density at radius 3 is 2.59 bits per heavy atom. The second-order valence-electron chi connectivity index (χ2n) is 8.72. The molecule has 0 radical (unpaired) electrons. The van der Waals surface area contributed by atoms with Gasteiger partial charge in [0.2, 0.25) is 15.9 Å². The highest BCUT2D eigenvalue weighted by Gasteiger charge is 2.31. The van der Waals surface area contributed by atoms with Crippen LogP contribution in [-0.2, 0) is 27.8 Å². The molecule has 2 aliphatic heterocycles. The van der Waals surface area contributed by atoms with E-state index in [9.17, 15) is 18.0 Å². The van der Waals surface area contributed by atoms with Crippen molar-refractivity contribution in [3.05, 3.63) is 51.7 Å². The third kappa shape index (κ3) is 4.74. The molecule has 0 saturated carbocycles. The van der Waals surface area contributed by atoms with E-state index >= 15 is 0 Å². The van der Waals surface area contributed by atoms with Crippen molar-refractivity contribution in [3.8, 4) is 0 Å². The Kier molecular flexibility index (Phi) is 6.69. The van der Waals surface area contributed by atoms with E-state index in [-0.39, 0.29) is 28.7 Å². The molecule has 9 heteroatoms. The summed E-state index contributed by atoms with van der Waals surface area (Å²) in [5.74, 6) is -0.242. The highest BCUT2D eigenvalue weighted by molar-refractivity contribution is 7.89. The van der Waals surface area contributed by atoms with Gasteiger partial charge in [-0.2, -0.15) is 4.31 Å². The summed E-state index contributed by atoms with van der Waals surface area (Å²) in [6.45, 7) is 5.64. The molecule has 32 heavy (non-hydrogen) atoms. The number of sulfonamides is 1. The van der Waals surface area contributed by atoms with Crippen LogP contribution in [0.2, 0.25) is 0 Å². The lowest BCUT2D eigenvalue weighted by Crippen LogP contribution is -2.44. The number of hydrogen-bond acceptors (Lipinski definition) is 5. The normalized spacial score (nSPS) is 17.9. The SMILES string of the molecule is CC(C)NC(=O)C1CCN(C(=O)c2cccc(S(=O)(=O)N3CCc4sccc4C3)c2)CC1. The number of benzene rings is 1. The number of thiophene rings is 1. The van der Waals surface area contributed by atoms with Crippen LogP contribution in [0, 0.1) is 5.92 Å². The summed E-state index contributed by atoms with van der Waals surface area (Å²) >= 11 is 1.66. The number of nitrogens with zero attached hydrogens (tertiary/aromatic N) is 2. The first kappa shape index (κ1) is 22.9.